The fourth-order valence-electron chi connectivity index (χ4n) is 8.73. The van der Waals surface area contributed by atoms with Crippen molar-refractivity contribution in [3.05, 3.63) is 0 Å². The molecule has 0 aliphatic heterocycles. The van der Waals surface area contributed by atoms with Crippen molar-refractivity contribution in [3.8, 4) is 0 Å². The number of unbranched alkanes of at least 4 members (excludes halogenated alkanes) is 45. The van der Waals surface area contributed by atoms with E-state index in [9.17, 15) is 13.7 Å². The Morgan fingerprint density at radius 2 is 0.358 bits per heavy atom. The Morgan fingerprint density at radius 1 is 0.224 bits per heavy atom. The topological polar surface area (TPSA) is 107 Å². The van der Waals surface area contributed by atoms with Crippen molar-refractivity contribution in [2.24, 2.45) is 0 Å². The van der Waals surface area contributed by atoms with Gasteiger partial charge in [0.2, 0.25) is 0 Å². The summed E-state index contributed by atoms with van der Waals surface area (Å²) in [5.74, 6) is 0. The van der Waals surface area contributed by atoms with E-state index >= 15 is 0 Å². The van der Waals surface area contributed by atoms with E-state index in [-0.39, 0.29) is 19.8 Å². The van der Waals surface area contributed by atoms with Crippen LogP contribution in [0.15, 0.2) is 0 Å². The number of rotatable bonds is 60. The normalized spacial score (nSPS) is 12.3. The van der Waals surface area contributed by atoms with Gasteiger partial charge in [-0.3, -0.25) is 0 Å². The van der Waals surface area contributed by atoms with Crippen molar-refractivity contribution >= 4 is 47.5 Å². The maximum atomic E-state index is 12.8. The van der Waals surface area contributed by atoms with Gasteiger partial charge in [0.1, 0.15) is 0 Å². The minimum Gasteiger partial charge on any atom is -0.0654 e. The van der Waals surface area contributed by atoms with Crippen molar-refractivity contribution in [2.75, 3.05) is 19.8 Å². The zero-order valence-electron chi connectivity index (χ0n) is 44.7. The molecule has 0 rings (SSSR count). The Morgan fingerprint density at radius 3 is 0.507 bits per heavy atom. The quantitative estimate of drug-likeness (QED) is 0.0435. The molecule has 0 bridgehead atoms. The summed E-state index contributed by atoms with van der Waals surface area (Å²) in [4.78, 5) is 0. The molecule has 0 amide bonds. The minimum atomic E-state index is -4.28. The zero-order chi connectivity index (χ0) is 48.6. The smallest absolute Gasteiger partial charge is 0.0654 e. The molecule has 0 radical (unpaired) electrons. The van der Waals surface area contributed by atoms with Crippen LogP contribution in [0.5, 0.6) is 0 Å². The first-order valence-electron chi connectivity index (χ1n) is 29.3. The first-order chi connectivity index (χ1) is 33.0. The molecule has 3 unspecified atom stereocenters. The van der Waals surface area contributed by atoms with Crippen molar-refractivity contribution < 1.29 is 35.2 Å². The van der Waals surface area contributed by atoms with E-state index in [0.717, 1.165) is 57.8 Å². The van der Waals surface area contributed by atoms with Gasteiger partial charge in [0.25, 0.3) is 0 Å². The second-order valence-electron chi connectivity index (χ2n) is 19.7. The van der Waals surface area contributed by atoms with E-state index in [1.54, 1.807) is 0 Å². The molecule has 67 heavy (non-hydrogen) atoms. The molecule has 0 spiro atoms. The molecule has 0 aromatic carbocycles. The van der Waals surface area contributed by atoms with Crippen LogP contribution in [0.1, 0.15) is 329 Å². The summed E-state index contributed by atoms with van der Waals surface area (Å²) in [6, 6.07) is 0. The first kappa shape index (κ1) is 67.9. The molecule has 0 aromatic rings. The SMILES string of the molecule is CCCCCCCCCCCCCCCCCCO[P+](=O)[O][In]([O][P+](=O)OCCCCCCCCCCCCCCCCCC)[O][P+](=O)OCCCCCCCCCCCCCCCCCC. The van der Waals surface area contributed by atoms with Crippen LogP contribution in [0.2, 0.25) is 0 Å². The van der Waals surface area contributed by atoms with Crippen LogP contribution < -0.4 is 0 Å². The maximum absolute atomic E-state index is 12.8. The number of hydrogen-bond acceptors (Lipinski definition) is 9. The Labute approximate surface area is 429 Å². The summed E-state index contributed by atoms with van der Waals surface area (Å²) in [6.07, 6.45) is 61.3. The van der Waals surface area contributed by atoms with Crippen LogP contribution >= 0.6 is 24.8 Å². The molecule has 0 aromatic heterocycles. The molecule has 0 fully saturated rings. The predicted molar refractivity (Wildman–Crippen MR) is 288 cm³/mol. The molecule has 0 aliphatic carbocycles. The van der Waals surface area contributed by atoms with Gasteiger partial charge in [-0.2, -0.15) is 0 Å². The summed E-state index contributed by atoms with van der Waals surface area (Å²) >= 11 is -4.28. The fraction of sp³-hybridized carbons (Fsp3) is 1.00. The molecular weight excluding hydrogens is 1000 g/mol. The second-order valence-corrected chi connectivity index (χ2v) is 29.5. The van der Waals surface area contributed by atoms with Crippen LogP contribution in [0, 0.1) is 0 Å². The van der Waals surface area contributed by atoms with Gasteiger partial charge in [-0.05, 0) is 0 Å². The van der Waals surface area contributed by atoms with Crippen LogP contribution in [0.25, 0.3) is 0 Å². The van der Waals surface area contributed by atoms with Crippen molar-refractivity contribution in [1.82, 2.24) is 0 Å². The summed E-state index contributed by atoms with van der Waals surface area (Å²) in [5.41, 5.74) is 0. The summed E-state index contributed by atoms with van der Waals surface area (Å²) in [5, 5.41) is 0. The molecule has 0 saturated heterocycles. The van der Waals surface area contributed by atoms with Crippen molar-refractivity contribution in [2.45, 2.75) is 329 Å². The van der Waals surface area contributed by atoms with Crippen molar-refractivity contribution in [1.29, 1.82) is 0 Å². The molecule has 0 aliphatic rings. The van der Waals surface area contributed by atoms with Crippen LogP contribution in [0.3, 0.4) is 0 Å². The molecule has 9 nitrogen and oxygen atoms in total. The van der Waals surface area contributed by atoms with Crippen LogP contribution in [0.4, 0.5) is 0 Å². The third-order valence-electron chi connectivity index (χ3n) is 13.1. The average molecular weight is 1110 g/mol. The Bertz CT molecular complexity index is 907. The van der Waals surface area contributed by atoms with Gasteiger partial charge in [0.15, 0.2) is 0 Å². The third-order valence-corrected chi connectivity index (χ3v) is 24.2. The van der Waals surface area contributed by atoms with Crippen LogP contribution in [-0.2, 0) is 35.2 Å². The molecular formula is C54H111InO9P3+3. The van der Waals surface area contributed by atoms with E-state index in [1.165, 1.54) is 250 Å². The standard InChI is InChI=1S/3C18H37O3P.In/c3*1-2-3-4-5-6-7-8-9-10-11-12-13-14-15-16-17-18-21-22(19)20;/h3*2-18H2,1H3;/q;;;+3. The molecule has 396 valence electrons. The fourth-order valence-corrected chi connectivity index (χ4v) is 18.8. The third kappa shape index (κ3) is 57.7. The minimum absolute atomic E-state index is 0.288. The number of hydrogen-bond donors (Lipinski definition) is 0. The Balaban J connectivity index is 4.30. The predicted octanol–water partition coefficient (Wildman–Crippen LogP) is 21.8. The molecule has 13 heteroatoms. The van der Waals surface area contributed by atoms with Crippen molar-refractivity contribution in [3.63, 3.8) is 0 Å². The average Bonchev–Trinajstić information content (AvgIpc) is 3.32. The van der Waals surface area contributed by atoms with Gasteiger partial charge >= 0.3 is 257 Å². The molecule has 0 heterocycles. The van der Waals surface area contributed by atoms with Gasteiger partial charge in [-0.25, -0.2) is 0 Å². The van der Waals surface area contributed by atoms with Gasteiger partial charge in [0, 0.05) is 0 Å². The van der Waals surface area contributed by atoms with E-state index in [2.05, 4.69) is 20.8 Å². The first-order valence-corrected chi connectivity index (χ1v) is 36.7. The summed E-state index contributed by atoms with van der Waals surface area (Å²) in [7, 11) is -7.71. The zero-order valence-corrected chi connectivity index (χ0v) is 50.6. The Hall–Kier alpha value is 0.930. The van der Waals surface area contributed by atoms with Gasteiger partial charge in [-0.15, -0.1) is 0 Å². The second kappa shape index (κ2) is 59.5. The van der Waals surface area contributed by atoms with E-state index < -0.39 is 47.5 Å². The van der Waals surface area contributed by atoms with E-state index in [0.29, 0.717) is 0 Å². The van der Waals surface area contributed by atoms with Gasteiger partial charge in [0.05, 0.1) is 0 Å². The summed E-state index contributed by atoms with van der Waals surface area (Å²) < 4.78 is 71.2. The monoisotopic (exact) mass is 1110 g/mol. The Kier molecular flexibility index (Phi) is 60.3. The van der Waals surface area contributed by atoms with E-state index in [1.807, 2.05) is 0 Å². The van der Waals surface area contributed by atoms with Gasteiger partial charge < -0.3 is 0 Å². The van der Waals surface area contributed by atoms with E-state index in [4.69, 9.17) is 21.5 Å². The molecule has 0 N–H and O–H groups in total. The summed E-state index contributed by atoms with van der Waals surface area (Å²) in [6.45, 7) is 7.69. The molecule has 3 atom stereocenters. The van der Waals surface area contributed by atoms with Crippen LogP contribution in [-0.4, -0.2) is 42.6 Å². The van der Waals surface area contributed by atoms with Gasteiger partial charge in [-0.1, -0.05) is 175 Å². The molecule has 0 saturated carbocycles.